The number of thiol groups is 1. The molecule has 1 aromatic rings. The fourth-order valence-corrected chi connectivity index (χ4v) is 1.93. The van der Waals surface area contributed by atoms with E-state index in [1.54, 1.807) is 17.4 Å². The van der Waals surface area contributed by atoms with Gasteiger partial charge in [0.2, 0.25) is 0 Å². The van der Waals surface area contributed by atoms with E-state index in [1.807, 2.05) is 19.1 Å². The first kappa shape index (κ1) is 8.56. The van der Waals surface area contributed by atoms with Gasteiger partial charge in [-0.05, 0) is 19.1 Å². The number of nitrogens with zero attached hydrogens (tertiary/aromatic N) is 1. The number of aromatic nitrogens is 1. The summed E-state index contributed by atoms with van der Waals surface area (Å²) >= 11 is 5.71. The van der Waals surface area contributed by atoms with E-state index in [4.69, 9.17) is 0 Å². The molecule has 0 saturated heterocycles. The van der Waals surface area contributed by atoms with E-state index in [0.717, 1.165) is 14.9 Å². The average Bonchev–Trinajstić information content (AvgIpc) is 2.32. The van der Waals surface area contributed by atoms with Crippen molar-refractivity contribution < 1.29 is 0 Å². The molecule has 0 amide bonds. The molecule has 0 aliphatic rings. The monoisotopic (exact) mass is 183 g/mol. The molecule has 11 heavy (non-hydrogen) atoms. The lowest BCUT2D eigenvalue weighted by Crippen LogP contribution is -1.72. The maximum absolute atomic E-state index is 4.16. The number of thiazole rings is 1. The van der Waals surface area contributed by atoms with Gasteiger partial charge in [-0.25, -0.2) is 4.98 Å². The second-order valence-corrected chi connectivity index (χ2v) is 3.71. The van der Waals surface area contributed by atoms with Gasteiger partial charge in [0.1, 0.15) is 4.34 Å². The molecule has 0 aliphatic heterocycles. The predicted molar refractivity (Wildman–Crippen MR) is 54.2 cm³/mol. The summed E-state index contributed by atoms with van der Waals surface area (Å²) < 4.78 is 0.785. The minimum atomic E-state index is 0.785. The van der Waals surface area contributed by atoms with Crippen LogP contribution in [0.4, 0.5) is 0 Å². The summed E-state index contributed by atoms with van der Waals surface area (Å²) in [6, 6.07) is 0. The molecule has 1 nitrogen and oxygen atoms in total. The van der Waals surface area contributed by atoms with Crippen molar-refractivity contribution in [2.24, 2.45) is 0 Å². The number of allylic oxidation sites excluding steroid dienone is 1. The molecule has 0 spiro atoms. The van der Waals surface area contributed by atoms with E-state index in [0.29, 0.717) is 0 Å². The molecular formula is C8H9NS2. The van der Waals surface area contributed by atoms with Crippen LogP contribution in [0.3, 0.4) is 0 Å². The Balaban J connectivity index is 3.11. The number of rotatable bonds is 2. The molecule has 0 aliphatic carbocycles. The van der Waals surface area contributed by atoms with Crippen LogP contribution in [0, 0.1) is 0 Å². The van der Waals surface area contributed by atoms with Crippen molar-refractivity contribution in [3.05, 3.63) is 23.2 Å². The zero-order chi connectivity index (χ0) is 8.27. The Bertz CT molecular complexity index is 286. The van der Waals surface area contributed by atoms with Crippen molar-refractivity contribution in [1.82, 2.24) is 4.98 Å². The molecule has 0 unspecified atom stereocenters. The third-order valence-corrected chi connectivity index (χ3v) is 2.39. The molecular weight excluding hydrogens is 174 g/mol. The Hall–Kier alpha value is -0.540. The first-order valence-electron chi connectivity index (χ1n) is 3.23. The molecule has 0 bridgehead atoms. The molecule has 0 aromatic carbocycles. The standard InChI is InChI=1S/C8H9NS2/c1-3-5-7-6(4-2)9-8(10)11-7/h3-5H,2H2,1H3,(H,9,10)/b5-3-. The van der Waals surface area contributed by atoms with Crippen LogP contribution in [-0.2, 0) is 0 Å². The van der Waals surface area contributed by atoms with Gasteiger partial charge in [-0.2, -0.15) is 0 Å². The van der Waals surface area contributed by atoms with E-state index >= 15 is 0 Å². The summed E-state index contributed by atoms with van der Waals surface area (Å²) in [5.41, 5.74) is 0.915. The molecule has 0 radical (unpaired) electrons. The first-order chi connectivity index (χ1) is 5.27. The highest BCUT2D eigenvalue weighted by Gasteiger charge is 2.01. The minimum Gasteiger partial charge on any atom is -0.230 e. The summed E-state index contributed by atoms with van der Waals surface area (Å²) in [5, 5.41) is 0. The lowest BCUT2D eigenvalue weighted by Gasteiger charge is -1.84. The van der Waals surface area contributed by atoms with Crippen molar-refractivity contribution >= 4 is 36.1 Å². The number of hydrogen-bond acceptors (Lipinski definition) is 3. The average molecular weight is 183 g/mol. The van der Waals surface area contributed by atoms with Gasteiger partial charge in [0, 0.05) is 0 Å². The van der Waals surface area contributed by atoms with Crippen molar-refractivity contribution in [1.29, 1.82) is 0 Å². The second kappa shape index (κ2) is 3.74. The van der Waals surface area contributed by atoms with Gasteiger partial charge in [0.25, 0.3) is 0 Å². The summed E-state index contributed by atoms with van der Waals surface area (Å²) in [7, 11) is 0. The van der Waals surface area contributed by atoms with Crippen LogP contribution in [0.15, 0.2) is 17.0 Å². The number of hydrogen-bond donors (Lipinski definition) is 1. The lowest BCUT2D eigenvalue weighted by atomic mass is 10.3. The molecule has 3 heteroatoms. The van der Waals surface area contributed by atoms with E-state index in [2.05, 4.69) is 24.2 Å². The van der Waals surface area contributed by atoms with Crippen LogP contribution in [0.5, 0.6) is 0 Å². The molecule has 0 fully saturated rings. The SMILES string of the molecule is C=Cc1nc(S)sc1/C=C\C. The Morgan fingerprint density at radius 2 is 2.36 bits per heavy atom. The van der Waals surface area contributed by atoms with Crippen LogP contribution in [0.1, 0.15) is 17.5 Å². The van der Waals surface area contributed by atoms with E-state index < -0.39 is 0 Å². The van der Waals surface area contributed by atoms with Gasteiger partial charge in [0.05, 0.1) is 10.6 Å². The first-order valence-corrected chi connectivity index (χ1v) is 4.49. The topological polar surface area (TPSA) is 12.9 Å². The Morgan fingerprint density at radius 3 is 2.91 bits per heavy atom. The fourth-order valence-electron chi connectivity index (χ4n) is 0.749. The molecule has 1 heterocycles. The fraction of sp³-hybridized carbons (Fsp3) is 0.125. The molecule has 58 valence electrons. The van der Waals surface area contributed by atoms with E-state index in [1.165, 1.54) is 0 Å². The summed E-state index contributed by atoms with van der Waals surface area (Å²) in [6.07, 6.45) is 5.73. The quantitative estimate of drug-likeness (QED) is 0.695. The van der Waals surface area contributed by atoms with Crippen LogP contribution >= 0.6 is 24.0 Å². The maximum Gasteiger partial charge on any atom is 0.148 e. The van der Waals surface area contributed by atoms with Gasteiger partial charge < -0.3 is 0 Å². The van der Waals surface area contributed by atoms with Crippen LogP contribution in [-0.4, -0.2) is 4.98 Å². The predicted octanol–water partition coefficient (Wildman–Crippen LogP) is 3.11. The van der Waals surface area contributed by atoms with Crippen molar-refractivity contribution in [3.63, 3.8) is 0 Å². The molecule has 1 aromatic heterocycles. The largest absolute Gasteiger partial charge is 0.230 e. The van der Waals surface area contributed by atoms with Crippen molar-refractivity contribution in [3.8, 4) is 0 Å². The van der Waals surface area contributed by atoms with Crippen LogP contribution in [0.25, 0.3) is 12.2 Å². The van der Waals surface area contributed by atoms with Crippen molar-refractivity contribution in [2.45, 2.75) is 11.3 Å². The smallest absolute Gasteiger partial charge is 0.148 e. The summed E-state index contributed by atoms with van der Waals surface area (Å²) in [4.78, 5) is 5.28. The Kier molecular flexibility index (Phi) is 2.91. The van der Waals surface area contributed by atoms with Gasteiger partial charge in [-0.15, -0.1) is 24.0 Å². The zero-order valence-corrected chi connectivity index (χ0v) is 7.95. The molecule has 0 atom stereocenters. The van der Waals surface area contributed by atoms with Crippen LogP contribution < -0.4 is 0 Å². The van der Waals surface area contributed by atoms with E-state index in [9.17, 15) is 0 Å². The van der Waals surface area contributed by atoms with Crippen molar-refractivity contribution in [2.75, 3.05) is 0 Å². The van der Waals surface area contributed by atoms with Crippen LogP contribution in [0.2, 0.25) is 0 Å². The molecule has 1 rings (SSSR count). The highest BCUT2D eigenvalue weighted by Crippen LogP contribution is 2.23. The zero-order valence-electron chi connectivity index (χ0n) is 6.24. The van der Waals surface area contributed by atoms with Gasteiger partial charge in [-0.3, -0.25) is 0 Å². The molecule has 0 N–H and O–H groups in total. The van der Waals surface area contributed by atoms with Gasteiger partial charge in [-0.1, -0.05) is 12.7 Å². The summed E-state index contributed by atoms with van der Waals surface area (Å²) in [6.45, 7) is 5.64. The molecule has 0 saturated carbocycles. The summed E-state index contributed by atoms with van der Waals surface area (Å²) in [5.74, 6) is 0. The Labute approximate surface area is 75.9 Å². The third kappa shape index (κ3) is 1.94. The highest BCUT2D eigenvalue weighted by molar-refractivity contribution is 7.82. The Morgan fingerprint density at radius 1 is 1.64 bits per heavy atom. The minimum absolute atomic E-state index is 0.785. The van der Waals surface area contributed by atoms with E-state index in [-0.39, 0.29) is 0 Å². The second-order valence-electron chi connectivity index (χ2n) is 1.95. The van der Waals surface area contributed by atoms with Gasteiger partial charge in [0.15, 0.2) is 0 Å². The van der Waals surface area contributed by atoms with Gasteiger partial charge >= 0.3 is 0 Å². The lowest BCUT2D eigenvalue weighted by molar-refractivity contribution is 1.23. The third-order valence-electron chi connectivity index (χ3n) is 1.18. The normalized spacial score (nSPS) is 10.7. The maximum atomic E-state index is 4.16. The highest BCUT2D eigenvalue weighted by atomic mass is 32.2.